The molecule has 2 amide bonds. The molecule has 2 atom stereocenters. The van der Waals surface area contributed by atoms with E-state index in [1.54, 1.807) is 18.2 Å². The van der Waals surface area contributed by atoms with Crippen molar-refractivity contribution >= 4 is 15.9 Å². The van der Waals surface area contributed by atoms with Crippen molar-refractivity contribution in [3.8, 4) is 11.3 Å². The zero-order valence-corrected chi connectivity index (χ0v) is 20.9. The molecule has 190 valence electrons. The molecule has 2 aliphatic heterocycles. The highest BCUT2D eigenvalue weighted by Gasteiger charge is 2.35. The van der Waals surface area contributed by atoms with E-state index in [2.05, 4.69) is 10.2 Å². The molecule has 0 saturated carbocycles. The molecular weight excluding hydrogens is 483 g/mol. The molecule has 3 heterocycles. The van der Waals surface area contributed by atoms with Gasteiger partial charge in [-0.3, -0.25) is 5.10 Å². The molecule has 0 bridgehead atoms. The highest BCUT2D eigenvalue weighted by Crippen LogP contribution is 2.37. The van der Waals surface area contributed by atoms with Crippen molar-refractivity contribution in [3.63, 3.8) is 0 Å². The number of rotatable bonds is 4. The van der Waals surface area contributed by atoms with E-state index in [0.717, 1.165) is 17.7 Å². The fraction of sp³-hybridized carbons (Fsp3) is 0.385. The lowest BCUT2D eigenvalue weighted by Crippen LogP contribution is -2.52. The number of carbonyl (C=O) groups is 1. The van der Waals surface area contributed by atoms with Gasteiger partial charge in [0.25, 0.3) is 0 Å². The number of aromatic amines is 1. The zero-order valence-electron chi connectivity index (χ0n) is 20.1. The molecule has 10 heteroatoms. The summed E-state index contributed by atoms with van der Waals surface area (Å²) in [5.74, 6) is -0.323. The summed E-state index contributed by atoms with van der Waals surface area (Å²) in [4.78, 5) is 17.4. The maximum Gasteiger partial charge on any atom is 0.320 e. The minimum absolute atomic E-state index is 0.0156. The van der Waals surface area contributed by atoms with Gasteiger partial charge in [-0.15, -0.1) is 0 Å². The van der Waals surface area contributed by atoms with E-state index < -0.39 is 9.84 Å². The minimum atomic E-state index is -3.29. The van der Waals surface area contributed by atoms with E-state index in [-0.39, 0.29) is 28.6 Å². The van der Waals surface area contributed by atoms with Gasteiger partial charge in [-0.25, -0.2) is 17.6 Å². The van der Waals surface area contributed by atoms with Crippen LogP contribution in [0.2, 0.25) is 0 Å². The van der Waals surface area contributed by atoms with Crippen molar-refractivity contribution in [2.75, 3.05) is 45.6 Å². The number of nitrogens with zero attached hydrogens (tertiary/aromatic N) is 3. The summed E-state index contributed by atoms with van der Waals surface area (Å²) in [6.07, 6.45) is 1.95. The van der Waals surface area contributed by atoms with Gasteiger partial charge in [0.05, 0.1) is 23.8 Å². The number of nitrogens with one attached hydrogen (secondary N) is 1. The molecule has 5 rings (SSSR count). The van der Waals surface area contributed by atoms with Crippen molar-refractivity contribution < 1.29 is 22.3 Å². The number of piperidine rings is 1. The van der Waals surface area contributed by atoms with Crippen molar-refractivity contribution in [2.24, 2.45) is 0 Å². The Bertz CT molecular complexity index is 1340. The number of hydrogen-bond donors (Lipinski definition) is 1. The predicted octanol–water partition coefficient (Wildman–Crippen LogP) is 3.64. The van der Waals surface area contributed by atoms with Crippen LogP contribution in [0.25, 0.3) is 11.3 Å². The second-order valence-electron chi connectivity index (χ2n) is 9.48. The Morgan fingerprint density at radius 3 is 2.44 bits per heavy atom. The molecule has 8 nitrogen and oxygen atoms in total. The lowest BCUT2D eigenvalue weighted by molar-refractivity contribution is 0.0398. The van der Waals surface area contributed by atoms with Crippen molar-refractivity contribution in [2.45, 2.75) is 23.2 Å². The van der Waals surface area contributed by atoms with Gasteiger partial charge >= 0.3 is 6.03 Å². The van der Waals surface area contributed by atoms with E-state index in [4.69, 9.17) is 4.74 Å². The Labute approximate surface area is 210 Å². The molecule has 2 aliphatic rings. The lowest BCUT2D eigenvalue weighted by Gasteiger charge is -2.41. The summed E-state index contributed by atoms with van der Waals surface area (Å²) in [7, 11) is -3.29. The number of halogens is 1. The van der Waals surface area contributed by atoms with Crippen molar-refractivity contribution in [1.29, 1.82) is 0 Å². The zero-order chi connectivity index (χ0) is 25.3. The van der Waals surface area contributed by atoms with Crippen LogP contribution in [0.5, 0.6) is 0 Å². The van der Waals surface area contributed by atoms with E-state index in [1.165, 1.54) is 18.4 Å². The molecular formula is C26H29FN4O4S. The number of carbonyl (C=O) groups excluding carboxylic acids is 1. The first-order valence-corrected chi connectivity index (χ1v) is 13.9. The van der Waals surface area contributed by atoms with Gasteiger partial charge in [-0.2, -0.15) is 5.10 Å². The number of amides is 2. The molecule has 1 N–H and O–H groups in total. The number of hydrogen-bond acceptors (Lipinski definition) is 5. The second kappa shape index (κ2) is 10.0. The molecule has 0 aliphatic carbocycles. The summed E-state index contributed by atoms with van der Waals surface area (Å²) in [6, 6.07) is 15.1. The van der Waals surface area contributed by atoms with Gasteiger partial charge < -0.3 is 14.5 Å². The van der Waals surface area contributed by atoms with Gasteiger partial charge in [0.15, 0.2) is 9.84 Å². The van der Waals surface area contributed by atoms with E-state index in [9.17, 15) is 17.6 Å². The topological polar surface area (TPSA) is 95.6 Å². The normalized spacial score (nSPS) is 20.9. The monoisotopic (exact) mass is 512 g/mol. The number of benzene rings is 2. The maximum absolute atomic E-state index is 13.7. The van der Waals surface area contributed by atoms with E-state index >= 15 is 0 Å². The van der Waals surface area contributed by atoms with Crippen LogP contribution in [0.3, 0.4) is 0 Å². The summed E-state index contributed by atoms with van der Waals surface area (Å²) < 4.78 is 43.0. The average molecular weight is 513 g/mol. The Balaban J connectivity index is 1.43. The first-order chi connectivity index (χ1) is 17.3. The Hall–Kier alpha value is -3.24. The minimum Gasteiger partial charge on any atom is -0.378 e. The third kappa shape index (κ3) is 5.29. The quantitative estimate of drug-likeness (QED) is 0.576. The average Bonchev–Trinajstić information content (AvgIpc) is 3.39. The lowest BCUT2D eigenvalue weighted by atomic mass is 9.83. The maximum atomic E-state index is 13.7. The van der Waals surface area contributed by atoms with Crippen LogP contribution in [0.15, 0.2) is 59.5 Å². The van der Waals surface area contributed by atoms with Gasteiger partial charge in [-0.05, 0) is 42.3 Å². The first-order valence-electron chi connectivity index (χ1n) is 12.0. The van der Waals surface area contributed by atoms with Crippen LogP contribution < -0.4 is 0 Å². The molecule has 0 spiro atoms. The number of sulfone groups is 1. The van der Waals surface area contributed by atoms with Crippen LogP contribution in [-0.2, 0) is 14.6 Å². The van der Waals surface area contributed by atoms with Crippen molar-refractivity contribution in [3.05, 3.63) is 71.7 Å². The molecule has 1 aromatic heterocycles. The summed E-state index contributed by atoms with van der Waals surface area (Å²) >= 11 is 0. The Morgan fingerprint density at radius 2 is 1.75 bits per heavy atom. The molecule has 2 unspecified atom stereocenters. The highest BCUT2D eigenvalue weighted by atomic mass is 32.2. The molecule has 3 aromatic rings. The van der Waals surface area contributed by atoms with Gasteiger partial charge in [0.1, 0.15) is 5.82 Å². The van der Waals surface area contributed by atoms with Crippen molar-refractivity contribution in [1.82, 2.24) is 20.0 Å². The fourth-order valence-corrected chi connectivity index (χ4v) is 5.64. The Kier molecular flexibility index (Phi) is 6.81. The van der Waals surface area contributed by atoms with Crippen LogP contribution in [0.4, 0.5) is 9.18 Å². The number of H-pyrrole nitrogens is 1. The van der Waals surface area contributed by atoms with Gasteiger partial charge in [0, 0.05) is 55.5 Å². The third-order valence-corrected chi connectivity index (χ3v) is 8.07. The standard InChI is InChI=1S/C26H29FN4O4S/c1-36(33,34)23-7-5-18(6-8-23)20-13-21(17-31(16-20)26(32)30-9-11-35-12-10-30)25-15-24(28-29-25)19-3-2-4-22(27)14-19/h2-8,14-15,20-21H,9-13,16-17H2,1H3,(H,28,29). The number of urea groups is 1. The van der Waals surface area contributed by atoms with Crippen LogP contribution in [-0.4, -0.2) is 80.1 Å². The van der Waals surface area contributed by atoms with Crippen LogP contribution in [0, 0.1) is 5.82 Å². The molecule has 0 radical (unpaired) electrons. The third-order valence-electron chi connectivity index (χ3n) is 6.94. The second-order valence-corrected chi connectivity index (χ2v) is 11.5. The summed E-state index contributed by atoms with van der Waals surface area (Å²) in [6.45, 7) is 3.23. The van der Waals surface area contributed by atoms with Crippen LogP contribution in [0.1, 0.15) is 29.5 Å². The molecule has 2 saturated heterocycles. The van der Waals surface area contributed by atoms with E-state index in [0.29, 0.717) is 50.7 Å². The van der Waals surface area contributed by atoms with Gasteiger partial charge in [-0.1, -0.05) is 24.3 Å². The van der Waals surface area contributed by atoms with Gasteiger partial charge in [0.2, 0.25) is 0 Å². The fourth-order valence-electron chi connectivity index (χ4n) is 5.01. The number of likely N-dealkylation sites (tertiary alicyclic amines) is 1. The Morgan fingerprint density at radius 1 is 1.03 bits per heavy atom. The number of morpholine rings is 1. The first kappa shape index (κ1) is 24.5. The number of ether oxygens (including phenoxy) is 1. The largest absolute Gasteiger partial charge is 0.378 e. The molecule has 2 fully saturated rings. The molecule has 2 aromatic carbocycles. The number of aromatic nitrogens is 2. The SMILES string of the molecule is CS(=O)(=O)c1ccc(C2CC(c3cc(-c4cccc(F)c4)n[nH]3)CN(C(=O)N3CCOCC3)C2)cc1. The smallest absolute Gasteiger partial charge is 0.320 e. The van der Waals surface area contributed by atoms with E-state index in [1.807, 2.05) is 34.1 Å². The van der Waals surface area contributed by atoms with Crippen LogP contribution >= 0.6 is 0 Å². The molecule has 36 heavy (non-hydrogen) atoms. The summed E-state index contributed by atoms with van der Waals surface area (Å²) in [5.41, 5.74) is 3.20. The summed E-state index contributed by atoms with van der Waals surface area (Å²) in [5, 5.41) is 7.52. The predicted molar refractivity (Wildman–Crippen MR) is 133 cm³/mol. The highest BCUT2D eigenvalue weighted by molar-refractivity contribution is 7.90.